The fourth-order valence-electron chi connectivity index (χ4n) is 1.40. The van der Waals surface area contributed by atoms with E-state index in [0.29, 0.717) is 0 Å². The SMILES string of the molecule is CC(O)[C@@H]1O[C@@H]1c1ccccc1. The molecular formula is C10H12O2. The highest BCUT2D eigenvalue weighted by Gasteiger charge is 2.43. The smallest absolute Gasteiger partial charge is 0.114 e. The van der Waals surface area contributed by atoms with Crippen molar-refractivity contribution >= 4 is 0 Å². The molecule has 1 heterocycles. The van der Waals surface area contributed by atoms with Crippen LogP contribution in [0.4, 0.5) is 0 Å². The van der Waals surface area contributed by atoms with E-state index in [-0.39, 0.29) is 18.3 Å². The summed E-state index contributed by atoms with van der Waals surface area (Å²) in [6.45, 7) is 1.76. The molecule has 0 spiro atoms. The summed E-state index contributed by atoms with van der Waals surface area (Å²) in [5, 5.41) is 9.20. The lowest BCUT2D eigenvalue weighted by molar-refractivity contribution is 0.152. The minimum absolute atomic E-state index is 0.00685. The molecule has 2 nitrogen and oxygen atoms in total. The van der Waals surface area contributed by atoms with Gasteiger partial charge in [0.1, 0.15) is 12.2 Å². The van der Waals surface area contributed by atoms with Crippen molar-refractivity contribution in [2.24, 2.45) is 0 Å². The lowest BCUT2D eigenvalue weighted by Crippen LogP contribution is -2.09. The van der Waals surface area contributed by atoms with Crippen molar-refractivity contribution in [1.82, 2.24) is 0 Å². The number of aliphatic hydroxyl groups excluding tert-OH is 1. The first-order valence-corrected chi connectivity index (χ1v) is 4.17. The van der Waals surface area contributed by atoms with Crippen LogP contribution in [0.2, 0.25) is 0 Å². The van der Waals surface area contributed by atoms with Crippen LogP contribution in [0.25, 0.3) is 0 Å². The van der Waals surface area contributed by atoms with Crippen LogP contribution in [0.15, 0.2) is 30.3 Å². The summed E-state index contributed by atoms with van der Waals surface area (Å²) in [7, 11) is 0. The van der Waals surface area contributed by atoms with Crippen LogP contribution in [0.3, 0.4) is 0 Å². The van der Waals surface area contributed by atoms with Gasteiger partial charge in [-0.1, -0.05) is 30.3 Å². The summed E-state index contributed by atoms with van der Waals surface area (Å²) in [4.78, 5) is 0. The maximum absolute atomic E-state index is 9.20. The highest BCUT2D eigenvalue weighted by Crippen LogP contribution is 2.40. The molecule has 1 fully saturated rings. The van der Waals surface area contributed by atoms with E-state index in [1.54, 1.807) is 6.92 Å². The van der Waals surface area contributed by atoms with Crippen molar-refractivity contribution < 1.29 is 9.84 Å². The van der Waals surface area contributed by atoms with Gasteiger partial charge >= 0.3 is 0 Å². The highest BCUT2D eigenvalue weighted by molar-refractivity contribution is 5.22. The van der Waals surface area contributed by atoms with Crippen molar-refractivity contribution in [3.8, 4) is 0 Å². The van der Waals surface area contributed by atoms with Gasteiger partial charge in [-0.05, 0) is 12.5 Å². The third-order valence-electron chi connectivity index (χ3n) is 2.13. The summed E-state index contributed by atoms with van der Waals surface area (Å²) in [6.07, 6.45) is -0.242. The molecule has 3 atom stereocenters. The van der Waals surface area contributed by atoms with Gasteiger partial charge < -0.3 is 9.84 Å². The van der Waals surface area contributed by atoms with Gasteiger partial charge in [0.25, 0.3) is 0 Å². The second kappa shape index (κ2) is 2.88. The number of hydrogen-bond acceptors (Lipinski definition) is 2. The van der Waals surface area contributed by atoms with Crippen LogP contribution in [0.1, 0.15) is 18.6 Å². The number of epoxide rings is 1. The van der Waals surface area contributed by atoms with Crippen LogP contribution < -0.4 is 0 Å². The maximum atomic E-state index is 9.20. The molecule has 0 saturated carbocycles. The molecule has 12 heavy (non-hydrogen) atoms. The minimum Gasteiger partial charge on any atom is -0.391 e. The van der Waals surface area contributed by atoms with Crippen molar-refractivity contribution in [1.29, 1.82) is 0 Å². The van der Waals surface area contributed by atoms with E-state index in [0.717, 1.165) is 5.56 Å². The normalized spacial score (nSPS) is 29.8. The minimum atomic E-state index is -0.366. The quantitative estimate of drug-likeness (QED) is 0.672. The molecule has 0 radical (unpaired) electrons. The second-order valence-corrected chi connectivity index (χ2v) is 3.17. The maximum Gasteiger partial charge on any atom is 0.114 e. The van der Waals surface area contributed by atoms with Gasteiger partial charge in [0.15, 0.2) is 0 Å². The van der Waals surface area contributed by atoms with Crippen molar-refractivity contribution in [3.63, 3.8) is 0 Å². The Kier molecular flexibility index (Phi) is 1.87. The molecule has 1 aromatic rings. The number of benzene rings is 1. The zero-order valence-electron chi connectivity index (χ0n) is 6.97. The molecule has 1 N–H and O–H groups in total. The van der Waals surface area contributed by atoms with E-state index in [1.807, 2.05) is 30.3 Å². The lowest BCUT2D eigenvalue weighted by atomic mass is 10.1. The fraction of sp³-hybridized carbons (Fsp3) is 0.400. The molecule has 1 aliphatic heterocycles. The fourth-order valence-corrected chi connectivity index (χ4v) is 1.40. The number of hydrogen-bond donors (Lipinski definition) is 1. The Hall–Kier alpha value is -0.860. The predicted molar refractivity (Wildman–Crippen MR) is 45.7 cm³/mol. The number of aliphatic hydroxyl groups is 1. The standard InChI is InChI=1S/C10H12O2/c1-7(11)9-10(12-9)8-5-3-2-4-6-8/h2-7,9-11H,1H3/t7?,9-,10+/m0/s1. The summed E-state index contributed by atoms with van der Waals surface area (Å²) < 4.78 is 5.31. The molecule has 2 heteroatoms. The van der Waals surface area contributed by atoms with E-state index in [2.05, 4.69) is 0 Å². The van der Waals surface area contributed by atoms with Gasteiger partial charge in [-0.15, -0.1) is 0 Å². The molecule has 0 amide bonds. The molecule has 1 aromatic carbocycles. The third kappa shape index (κ3) is 1.36. The second-order valence-electron chi connectivity index (χ2n) is 3.17. The monoisotopic (exact) mass is 164 g/mol. The van der Waals surface area contributed by atoms with E-state index < -0.39 is 0 Å². The van der Waals surface area contributed by atoms with Gasteiger partial charge in [0.2, 0.25) is 0 Å². The molecule has 0 aliphatic carbocycles. The van der Waals surface area contributed by atoms with Crippen LogP contribution in [0.5, 0.6) is 0 Å². The number of ether oxygens (including phenoxy) is 1. The van der Waals surface area contributed by atoms with Crippen molar-refractivity contribution in [2.75, 3.05) is 0 Å². The molecule has 1 saturated heterocycles. The van der Waals surface area contributed by atoms with Crippen molar-refractivity contribution in [2.45, 2.75) is 25.2 Å². The van der Waals surface area contributed by atoms with Gasteiger partial charge in [0.05, 0.1) is 6.10 Å². The van der Waals surface area contributed by atoms with Crippen LogP contribution >= 0.6 is 0 Å². The summed E-state index contributed by atoms with van der Waals surface area (Å²) >= 11 is 0. The highest BCUT2D eigenvalue weighted by atomic mass is 16.6. The Morgan fingerprint density at radius 3 is 2.50 bits per heavy atom. The average molecular weight is 164 g/mol. The van der Waals surface area contributed by atoms with Crippen LogP contribution in [0, 0.1) is 0 Å². The van der Waals surface area contributed by atoms with Crippen LogP contribution in [-0.4, -0.2) is 17.3 Å². The molecule has 0 bridgehead atoms. The third-order valence-corrected chi connectivity index (χ3v) is 2.13. The van der Waals surface area contributed by atoms with Gasteiger partial charge in [-0.2, -0.15) is 0 Å². The number of rotatable bonds is 2. The lowest BCUT2D eigenvalue weighted by Gasteiger charge is -1.97. The Labute approximate surface area is 71.8 Å². The molecule has 2 rings (SSSR count). The van der Waals surface area contributed by atoms with Crippen LogP contribution in [-0.2, 0) is 4.74 Å². The summed E-state index contributed by atoms with van der Waals surface area (Å²) in [5.41, 5.74) is 1.16. The zero-order chi connectivity index (χ0) is 8.55. The van der Waals surface area contributed by atoms with Crippen molar-refractivity contribution in [3.05, 3.63) is 35.9 Å². The first kappa shape index (κ1) is 7.77. The zero-order valence-corrected chi connectivity index (χ0v) is 6.97. The molecule has 1 unspecified atom stereocenters. The van der Waals surface area contributed by atoms with Gasteiger partial charge in [-0.25, -0.2) is 0 Å². The molecule has 0 aromatic heterocycles. The van der Waals surface area contributed by atoms with E-state index in [9.17, 15) is 5.11 Å². The van der Waals surface area contributed by atoms with Gasteiger partial charge in [0, 0.05) is 0 Å². The Morgan fingerprint density at radius 1 is 1.33 bits per heavy atom. The Balaban J connectivity index is 2.06. The van der Waals surface area contributed by atoms with E-state index in [4.69, 9.17) is 4.74 Å². The Morgan fingerprint density at radius 2 is 2.00 bits per heavy atom. The predicted octanol–water partition coefficient (Wildman–Crippen LogP) is 1.51. The van der Waals surface area contributed by atoms with E-state index >= 15 is 0 Å². The molecule has 1 aliphatic rings. The molecular weight excluding hydrogens is 152 g/mol. The topological polar surface area (TPSA) is 32.8 Å². The van der Waals surface area contributed by atoms with E-state index in [1.165, 1.54) is 0 Å². The summed E-state index contributed by atoms with van der Waals surface area (Å²) in [5.74, 6) is 0. The Bertz CT molecular complexity index is 256. The first-order valence-electron chi connectivity index (χ1n) is 4.17. The van der Waals surface area contributed by atoms with Gasteiger partial charge in [-0.3, -0.25) is 0 Å². The molecule has 64 valence electrons. The largest absolute Gasteiger partial charge is 0.391 e. The first-order chi connectivity index (χ1) is 5.79. The average Bonchev–Trinajstić information content (AvgIpc) is 2.84. The summed E-state index contributed by atoms with van der Waals surface area (Å²) in [6, 6.07) is 9.98.